The van der Waals surface area contributed by atoms with Gasteiger partial charge in [0.2, 0.25) is 0 Å². The topological polar surface area (TPSA) is 104 Å². The van der Waals surface area contributed by atoms with E-state index in [0.717, 1.165) is 0 Å². The van der Waals surface area contributed by atoms with Crippen LogP contribution in [-0.4, -0.2) is 48.2 Å². The summed E-state index contributed by atoms with van der Waals surface area (Å²) in [4.78, 5) is 27.8. The van der Waals surface area contributed by atoms with Crippen LogP contribution in [0.1, 0.15) is 6.42 Å². The van der Waals surface area contributed by atoms with Gasteiger partial charge in [0.1, 0.15) is 0 Å². The molecule has 5 nitrogen and oxygen atoms in total. The van der Waals surface area contributed by atoms with Crippen molar-refractivity contribution in [1.29, 1.82) is 0 Å². The van der Waals surface area contributed by atoms with Gasteiger partial charge in [-0.15, -0.1) is 0 Å². The van der Waals surface area contributed by atoms with Gasteiger partial charge < -0.3 is 0 Å². The zero-order chi connectivity index (χ0) is 9.07. The Bertz CT molecular complexity index is 191. The maximum atomic E-state index is 10.1. The number of nitrogens with two attached hydrogens (primary N) is 1. The van der Waals surface area contributed by atoms with E-state index in [0.29, 0.717) is 0 Å². The Hall–Kier alpha value is 0.299. The van der Waals surface area contributed by atoms with Gasteiger partial charge in [-0.25, -0.2) is 0 Å². The summed E-state index contributed by atoms with van der Waals surface area (Å²) in [5.41, 5.74) is 5.11. The van der Waals surface area contributed by atoms with E-state index < -0.39 is 18.0 Å². The normalized spacial score (nSPS) is 14.5. The Morgan fingerprint density at radius 2 is 2.09 bits per heavy atom. The molecule has 0 saturated carbocycles. The van der Waals surface area contributed by atoms with Crippen molar-refractivity contribution < 1.29 is 19.7 Å². The fraction of sp³-hybridized carbons (Fsp3) is 0.750. The van der Waals surface area contributed by atoms with Crippen LogP contribution >= 0.6 is 5.96 Å². The molecule has 0 spiro atoms. The molecule has 0 radical (unpaired) electrons. The quantitative estimate of drug-likeness (QED) is 0.365. The molecule has 0 fully saturated rings. The first kappa shape index (κ1) is 11.3. The number of aliphatic carboxylic acids is 1. The molecule has 0 aliphatic carbocycles. The Morgan fingerprint density at radius 1 is 1.64 bits per heavy atom. The molecule has 11 heavy (non-hydrogen) atoms. The molecule has 0 aromatic heterocycles. The summed E-state index contributed by atoms with van der Waals surface area (Å²) in [5, 5.41) is 8.29. The van der Waals surface area contributed by atoms with Gasteiger partial charge in [-0.2, -0.15) is 0 Å². The second kappa shape index (κ2) is 4.36. The number of hydrogen-bond donors (Lipinski definition) is 4. The van der Waals surface area contributed by atoms with Crippen LogP contribution in [0, 0.1) is 0 Å². The molecule has 0 saturated heterocycles. The average Bonchev–Trinajstić information content (AvgIpc) is 1.80. The Morgan fingerprint density at radius 3 is 2.36 bits per heavy atom. The molecular weight excluding hydrogens is 236 g/mol. The SMILES string of the molecule is N[C@@H](CCP(O)(O)=[Se])C(=O)O. The average molecular weight is 246 g/mol. The second-order valence-corrected chi connectivity index (χ2v) is 7.58. The number of carbonyl (C=O) groups is 1. The van der Waals surface area contributed by atoms with Crippen LogP contribution in [0.5, 0.6) is 0 Å². The molecule has 0 unspecified atom stereocenters. The first-order valence-electron chi connectivity index (χ1n) is 2.86. The Kier molecular flexibility index (Phi) is 4.47. The van der Waals surface area contributed by atoms with Gasteiger partial charge in [0.05, 0.1) is 0 Å². The van der Waals surface area contributed by atoms with Crippen LogP contribution < -0.4 is 5.73 Å². The van der Waals surface area contributed by atoms with Crippen molar-refractivity contribution in [3.63, 3.8) is 0 Å². The van der Waals surface area contributed by atoms with E-state index in [1.54, 1.807) is 0 Å². The first-order chi connectivity index (χ1) is 4.83. The van der Waals surface area contributed by atoms with Crippen molar-refractivity contribution >= 4 is 27.0 Å². The summed E-state index contributed by atoms with van der Waals surface area (Å²) in [7, 11) is 0. The molecule has 0 bridgehead atoms. The molecule has 7 heteroatoms. The van der Waals surface area contributed by atoms with E-state index in [4.69, 9.17) is 20.6 Å². The third-order valence-corrected chi connectivity index (χ3v) is 3.04. The zero-order valence-electron chi connectivity index (χ0n) is 5.67. The van der Waals surface area contributed by atoms with Crippen molar-refractivity contribution in [2.24, 2.45) is 5.73 Å². The van der Waals surface area contributed by atoms with E-state index >= 15 is 0 Å². The van der Waals surface area contributed by atoms with Gasteiger partial charge in [-0.05, 0) is 0 Å². The molecular formula is C4H10NO4PSe. The zero-order valence-corrected chi connectivity index (χ0v) is 8.28. The Balaban J connectivity index is 3.72. The number of rotatable bonds is 4. The molecule has 5 N–H and O–H groups in total. The summed E-state index contributed by atoms with van der Waals surface area (Å²) in [6, 6.07) is -1.01. The van der Waals surface area contributed by atoms with Gasteiger partial charge >= 0.3 is 71.1 Å². The summed E-state index contributed by atoms with van der Waals surface area (Å²) < 4.78 is 0. The van der Waals surface area contributed by atoms with Gasteiger partial charge in [0.15, 0.2) is 0 Å². The fourth-order valence-corrected chi connectivity index (χ4v) is 1.71. The van der Waals surface area contributed by atoms with Gasteiger partial charge in [-0.3, -0.25) is 0 Å². The number of carboxylic acid groups (broad SMARTS) is 1. The van der Waals surface area contributed by atoms with E-state index in [2.05, 4.69) is 15.1 Å². The van der Waals surface area contributed by atoms with Crippen LogP contribution in [0.3, 0.4) is 0 Å². The monoisotopic (exact) mass is 247 g/mol. The molecule has 0 amide bonds. The van der Waals surface area contributed by atoms with Crippen LogP contribution in [-0.2, 0) is 4.79 Å². The van der Waals surface area contributed by atoms with Crippen molar-refractivity contribution in [3.8, 4) is 0 Å². The minimum atomic E-state index is -2.98. The van der Waals surface area contributed by atoms with Crippen LogP contribution in [0.4, 0.5) is 0 Å². The number of hydrogen-bond acceptors (Lipinski definition) is 4. The third kappa shape index (κ3) is 6.69. The summed E-state index contributed by atoms with van der Waals surface area (Å²) >= 11 is 2.18. The second-order valence-electron chi connectivity index (χ2n) is 2.12. The summed E-state index contributed by atoms with van der Waals surface area (Å²) in [6.45, 7) is 0. The predicted octanol–water partition coefficient (Wildman–Crippen LogP) is -1.30. The van der Waals surface area contributed by atoms with Crippen LogP contribution in [0.25, 0.3) is 0 Å². The molecule has 0 aliphatic rings. The van der Waals surface area contributed by atoms with Crippen LogP contribution in [0.2, 0.25) is 0 Å². The fourth-order valence-electron chi connectivity index (χ4n) is 0.431. The van der Waals surface area contributed by atoms with Gasteiger partial charge in [-0.1, -0.05) is 0 Å². The van der Waals surface area contributed by atoms with Crippen molar-refractivity contribution in [1.82, 2.24) is 0 Å². The molecule has 0 heterocycles. The molecule has 0 aromatic carbocycles. The molecule has 0 aliphatic heterocycles. The van der Waals surface area contributed by atoms with Crippen LogP contribution in [0.15, 0.2) is 0 Å². The minimum absolute atomic E-state index is 0.0144. The van der Waals surface area contributed by atoms with Crippen molar-refractivity contribution in [2.75, 3.05) is 6.16 Å². The molecule has 1 atom stereocenters. The first-order valence-corrected chi connectivity index (χ1v) is 6.95. The van der Waals surface area contributed by atoms with E-state index in [-0.39, 0.29) is 12.6 Å². The summed E-state index contributed by atoms with van der Waals surface area (Å²) in [6.07, 6.45) is 0.0869. The molecule has 0 aromatic rings. The molecule has 66 valence electrons. The standard InChI is InChI=1S/C4H10NO4PSe/c5-3(4(6)7)1-2-10(8,9)11/h3H,1-2,5H2,(H,6,7)(H2,8,9,11)/t3-/m0/s1. The van der Waals surface area contributed by atoms with Crippen molar-refractivity contribution in [3.05, 3.63) is 0 Å². The number of carboxylic acids is 1. The maximum absolute atomic E-state index is 10.1. The predicted molar refractivity (Wildman–Crippen MR) is 42.2 cm³/mol. The van der Waals surface area contributed by atoms with Crippen molar-refractivity contribution in [2.45, 2.75) is 12.5 Å². The van der Waals surface area contributed by atoms with Gasteiger partial charge in [0.25, 0.3) is 0 Å². The van der Waals surface area contributed by atoms with Gasteiger partial charge in [0, 0.05) is 0 Å². The molecule has 0 rings (SSSR count). The van der Waals surface area contributed by atoms with E-state index in [9.17, 15) is 4.79 Å². The third-order valence-electron chi connectivity index (χ3n) is 1.05. The van der Waals surface area contributed by atoms with E-state index in [1.165, 1.54) is 0 Å². The summed E-state index contributed by atoms with van der Waals surface area (Å²) in [5.74, 6) is -4.10. The van der Waals surface area contributed by atoms with E-state index in [1.807, 2.05) is 0 Å². The Labute approximate surface area is 71.6 Å².